The van der Waals surface area contributed by atoms with Gasteiger partial charge in [-0.3, -0.25) is 9.59 Å². The maximum absolute atomic E-state index is 12.6. The molecule has 0 saturated carbocycles. The number of azide groups is 1. The minimum absolute atomic E-state index is 0.0597. The molecule has 10 heteroatoms. The molecular weight excluding hydrogens is 303 g/mol. The van der Waals surface area contributed by atoms with Gasteiger partial charge in [0.15, 0.2) is 0 Å². The summed E-state index contributed by atoms with van der Waals surface area (Å²) in [4.78, 5) is 25.8. The van der Waals surface area contributed by atoms with E-state index in [1.807, 2.05) is 0 Å². The van der Waals surface area contributed by atoms with Gasteiger partial charge in [-0.05, 0) is 23.7 Å². The molecule has 7 nitrogen and oxygen atoms in total. The van der Waals surface area contributed by atoms with Crippen molar-refractivity contribution in [3.63, 3.8) is 0 Å². The molecule has 1 aliphatic heterocycles. The molecule has 0 bridgehead atoms. The molecular formula is C12H10F3N5O2. The van der Waals surface area contributed by atoms with Crippen molar-refractivity contribution in [3.8, 4) is 0 Å². The van der Waals surface area contributed by atoms with Crippen LogP contribution in [0.3, 0.4) is 0 Å². The quantitative estimate of drug-likeness (QED) is 0.381. The topological polar surface area (TPSA) is 107 Å². The molecule has 2 amide bonds. The van der Waals surface area contributed by atoms with Crippen molar-refractivity contribution in [2.24, 2.45) is 5.11 Å². The van der Waals surface area contributed by atoms with Crippen molar-refractivity contribution in [2.75, 3.05) is 6.54 Å². The van der Waals surface area contributed by atoms with Crippen molar-refractivity contribution in [1.29, 1.82) is 0 Å². The van der Waals surface area contributed by atoms with Gasteiger partial charge in [-0.25, -0.2) is 0 Å². The second-order valence-electron chi connectivity index (χ2n) is 4.56. The Balaban J connectivity index is 2.09. The van der Waals surface area contributed by atoms with Crippen LogP contribution < -0.4 is 10.6 Å². The van der Waals surface area contributed by atoms with E-state index in [1.165, 1.54) is 6.07 Å². The van der Waals surface area contributed by atoms with Gasteiger partial charge in [0.1, 0.15) is 6.04 Å². The molecule has 1 fully saturated rings. The first-order chi connectivity index (χ1) is 10.3. The highest BCUT2D eigenvalue weighted by molar-refractivity contribution is 6.00. The smallest absolute Gasteiger partial charge is 0.349 e. The first-order valence-corrected chi connectivity index (χ1v) is 6.12. The van der Waals surface area contributed by atoms with Gasteiger partial charge in [-0.2, -0.15) is 13.2 Å². The van der Waals surface area contributed by atoms with Crippen LogP contribution in [0.2, 0.25) is 0 Å². The van der Waals surface area contributed by atoms with Crippen LogP contribution in [0.15, 0.2) is 29.4 Å². The molecule has 1 aliphatic rings. The van der Waals surface area contributed by atoms with Crippen LogP contribution in [0.4, 0.5) is 13.2 Å². The SMILES string of the molecule is [N-]=[N+]=NC[C@@H]1NC(=O)[C@@H]1NC(=O)c1cccc(C(F)(F)F)c1. The fourth-order valence-electron chi connectivity index (χ4n) is 1.95. The van der Waals surface area contributed by atoms with Gasteiger partial charge in [0.05, 0.1) is 11.6 Å². The minimum Gasteiger partial charge on any atom is -0.349 e. The summed E-state index contributed by atoms with van der Waals surface area (Å²) < 4.78 is 37.8. The summed E-state index contributed by atoms with van der Waals surface area (Å²) in [6.07, 6.45) is -4.56. The van der Waals surface area contributed by atoms with Gasteiger partial charge < -0.3 is 10.6 Å². The predicted octanol–water partition coefficient (Wildman–Crippen LogP) is 1.61. The number of carbonyl (C=O) groups is 2. The fraction of sp³-hybridized carbons (Fsp3) is 0.333. The van der Waals surface area contributed by atoms with Crippen molar-refractivity contribution < 1.29 is 22.8 Å². The van der Waals surface area contributed by atoms with E-state index in [0.29, 0.717) is 6.07 Å². The zero-order valence-electron chi connectivity index (χ0n) is 11.0. The number of benzene rings is 1. The summed E-state index contributed by atoms with van der Waals surface area (Å²) in [5, 5.41) is 8.01. The van der Waals surface area contributed by atoms with Crippen LogP contribution in [-0.4, -0.2) is 30.4 Å². The number of alkyl halides is 3. The van der Waals surface area contributed by atoms with Gasteiger partial charge >= 0.3 is 6.18 Å². The number of nitrogens with one attached hydrogen (secondary N) is 2. The summed E-state index contributed by atoms with van der Waals surface area (Å²) in [6, 6.07) is 2.36. The van der Waals surface area contributed by atoms with Crippen molar-refractivity contribution in [2.45, 2.75) is 18.3 Å². The van der Waals surface area contributed by atoms with E-state index in [1.54, 1.807) is 0 Å². The van der Waals surface area contributed by atoms with Gasteiger partial charge in [-0.1, -0.05) is 11.2 Å². The molecule has 1 saturated heterocycles. The maximum atomic E-state index is 12.6. The van der Waals surface area contributed by atoms with Crippen LogP contribution in [0.5, 0.6) is 0 Å². The van der Waals surface area contributed by atoms with Gasteiger partial charge in [-0.15, -0.1) is 0 Å². The third-order valence-corrected chi connectivity index (χ3v) is 3.09. The molecule has 2 N–H and O–H groups in total. The first kappa shape index (κ1) is 15.6. The number of rotatable bonds is 4. The molecule has 0 unspecified atom stereocenters. The highest BCUT2D eigenvalue weighted by Crippen LogP contribution is 2.29. The summed E-state index contributed by atoms with van der Waals surface area (Å²) >= 11 is 0. The van der Waals surface area contributed by atoms with E-state index in [-0.39, 0.29) is 12.1 Å². The van der Waals surface area contributed by atoms with Crippen LogP contribution >= 0.6 is 0 Å². The lowest BCUT2D eigenvalue weighted by Gasteiger charge is -2.36. The van der Waals surface area contributed by atoms with Crippen molar-refractivity contribution in [3.05, 3.63) is 45.8 Å². The minimum atomic E-state index is -4.56. The Morgan fingerprint density at radius 3 is 2.77 bits per heavy atom. The third kappa shape index (κ3) is 3.29. The van der Waals surface area contributed by atoms with E-state index in [4.69, 9.17) is 5.53 Å². The predicted molar refractivity (Wildman–Crippen MR) is 68.6 cm³/mol. The van der Waals surface area contributed by atoms with E-state index in [0.717, 1.165) is 12.1 Å². The van der Waals surface area contributed by atoms with Crippen molar-refractivity contribution >= 4 is 11.8 Å². The first-order valence-electron chi connectivity index (χ1n) is 6.12. The lowest BCUT2D eigenvalue weighted by Crippen LogP contribution is -2.70. The van der Waals surface area contributed by atoms with Crippen LogP contribution in [0.25, 0.3) is 10.4 Å². The van der Waals surface area contributed by atoms with E-state index in [9.17, 15) is 22.8 Å². The number of hydrogen-bond acceptors (Lipinski definition) is 3. The molecule has 0 spiro atoms. The molecule has 116 valence electrons. The summed E-state index contributed by atoms with van der Waals surface area (Å²) in [7, 11) is 0. The molecule has 0 aromatic heterocycles. The number of β-lactam (4-membered cyclic amide) rings is 1. The molecule has 0 radical (unpaired) electrons. The lowest BCUT2D eigenvalue weighted by molar-refractivity contribution is -0.137. The Bertz CT molecular complexity index is 654. The second-order valence-corrected chi connectivity index (χ2v) is 4.56. The highest BCUT2D eigenvalue weighted by Gasteiger charge is 2.40. The number of carbonyl (C=O) groups excluding carboxylic acids is 2. The van der Waals surface area contributed by atoms with Crippen LogP contribution in [0.1, 0.15) is 15.9 Å². The van der Waals surface area contributed by atoms with E-state index < -0.39 is 35.6 Å². The van der Waals surface area contributed by atoms with Gasteiger partial charge in [0.25, 0.3) is 5.91 Å². The molecule has 1 heterocycles. The van der Waals surface area contributed by atoms with Crippen LogP contribution in [0, 0.1) is 0 Å². The Labute approximate surface area is 122 Å². The molecule has 2 atom stereocenters. The van der Waals surface area contributed by atoms with Crippen molar-refractivity contribution in [1.82, 2.24) is 10.6 Å². The standard InChI is InChI=1S/C12H10F3N5O2/c13-12(14,15)7-3-1-2-6(4-7)10(21)19-9-8(5-17-20-16)18-11(9)22/h1-4,8-9H,5H2,(H,18,22)(H,19,21)/t8-,9+/m0/s1. The molecule has 2 rings (SSSR count). The van der Waals surface area contributed by atoms with Gasteiger partial charge in [0, 0.05) is 17.0 Å². The molecule has 0 aliphatic carbocycles. The average Bonchev–Trinajstić information content (AvgIpc) is 2.48. The number of halogens is 3. The highest BCUT2D eigenvalue weighted by atomic mass is 19.4. The van der Waals surface area contributed by atoms with Gasteiger partial charge in [0.2, 0.25) is 5.91 Å². The summed E-state index contributed by atoms with van der Waals surface area (Å²) in [6.45, 7) is -0.0597. The Kier molecular flexibility index (Phi) is 4.22. The second kappa shape index (κ2) is 5.94. The Morgan fingerprint density at radius 1 is 1.45 bits per heavy atom. The Morgan fingerprint density at radius 2 is 2.18 bits per heavy atom. The average molecular weight is 313 g/mol. The third-order valence-electron chi connectivity index (χ3n) is 3.09. The zero-order valence-corrected chi connectivity index (χ0v) is 11.0. The Hall–Kier alpha value is -2.74. The van der Waals surface area contributed by atoms with Crippen LogP contribution in [-0.2, 0) is 11.0 Å². The normalized spacial score (nSPS) is 20.4. The fourth-order valence-corrected chi connectivity index (χ4v) is 1.95. The van der Waals surface area contributed by atoms with E-state index >= 15 is 0 Å². The molecule has 1 aromatic rings. The summed E-state index contributed by atoms with van der Waals surface area (Å²) in [5.41, 5.74) is 7.04. The van der Waals surface area contributed by atoms with E-state index in [2.05, 4.69) is 20.7 Å². The number of amides is 2. The zero-order chi connectivity index (χ0) is 16.3. The molecule has 22 heavy (non-hydrogen) atoms. The largest absolute Gasteiger partial charge is 0.416 e. The number of nitrogens with zero attached hydrogens (tertiary/aromatic N) is 3. The molecule has 1 aromatic carbocycles. The summed E-state index contributed by atoms with van der Waals surface area (Å²) in [5.74, 6) is -1.30. The number of hydrogen-bond donors (Lipinski definition) is 2. The monoisotopic (exact) mass is 313 g/mol. The maximum Gasteiger partial charge on any atom is 0.416 e. The lowest BCUT2D eigenvalue weighted by atomic mass is 9.98.